The molecular weight excluding hydrogens is 483 g/mol. The zero-order chi connectivity index (χ0) is 25.2. The topological polar surface area (TPSA) is 68.3 Å². The molecule has 1 unspecified atom stereocenters. The maximum atomic E-state index is 14.2. The van der Waals surface area contributed by atoms with E-state index >= 15 is 0 Å². The molecule has 3 aromatic rings. The highest BCUT2D eigenvalue weighted by Gasteiger charge is 2.34. The van der Waals surface area contributed by atoms with Crippen molar-refractivity contribution in [3.05, 3.63) is 75.7 Å². The van der Waals surface area contributed by atoms with E-state index in [1.54, 1.807) is 57.5 Å². The lowest BCUT2D eigenvalue weighted by atomic mass is 10.00. The number of fused-ring (bicyclic) bond motifs is 2. The van der Waals surface area contributed by atoms with Crippen molar-refractivity contribution < 1.29 is 28.2 Å². The van der Waals surface area contributed by atoms with Gasteiger partial charge < -0.3 is 24.0 Å². The molecule has 9 heteroatoms. The van der Waals surface area contributed by atoms with E-state index in [0.717, 1.165) is 12.0 Å². The zero-order valence-corrected chi connectivity index (χ0v) is 20.9. The van der Waals surface area contributed by atoms with Crippen LogP contribution in [0.15, 0.2) is 53.9 Å². The van der Waals surface area contributed by atoms with Gasteiger partial charge in [-0.2, -0.15) is 0 Å². The lowest BCUT2D eigenvalue weighted by Gasteiger charge is -2.37. The average Bonchev–Trinajstić information content (AvgIpc) is 3.55. The molecule has 2 aliphatic rings. The number of nitrogens with zero attached hydrogens (tertiary/aromatic N) is 2. The van der Waals surface area contributed by atoms with Crippen LogP contribution in [0.4, 0.5) is 4.39 Å². The van der Waals surface area contributed by atoms with Gasteiger partial charge in [-0.25, -0.2) is 4.39 Å². The van der Waals surface area contributed by atoms with Crippen LogP contribution < -0.4 is 14.2 Å². The van der Waals surface area contributed by atoms with E-state index in [-0.39, 0.29) is 49.6 Å². The molecule has 0 radical (unpaired) electrons. The number of amides is 2. The minimum atomic E-state index is -0.447. The molecular formula is C27H27FN2O5S. The van der Waals surface area contributed by atoms with Gasteiger partial charge in [-0.1, -0.05) is 12.1 Å². The first-order valence-corrected chi connectivity index (χ1v) is 12.7. The van der Waals surface area contributed by atoms with Crippen molar-refractivity contribution in [2.75, 3.05) is 26.5 Å². The molecule has 188 valence electrons. The minimum Gasteiger partial charge on any atom is -0.488 e. The van der Waals surface area contributed by atoms with Crippen LogP contribution in [0.5, 0.6) is 17.2 Å². The highest BCUT2D eigenvalue weighted by Crippen LogP contribution is 2.35. The molecule has 1 aromatic heterocycles. The van der Waals surface area contributed by atoms with Crippen molar-refractivity contribution >= 4 is 23.2 Å². The second-order valence-electron chi connectivity index (χ2n) is 8.99. The van der Waals surface area contributed by atoms with E-state index in [9.17, 15) is 14.0 Å². The van der Waals surface area contributed by atoms with Crippen molar-refractivity contribution in [2.45, 2.75) is 32.4 Å². The van der Waals surface area contributed by atoms with E-state index in [0.29, 0.717) is 23.6 Å². The summed E-state index contributed by atoms with van der Waals surface area (Å²) in [6, 6.07) is 12.7. The smallest absolute Gasteiger partial charge is 0.254 e. The second kappa shape index (κ2) is 10.2. The first-order valence-electron chi connectivity index (χ1n) is 11.9. The number of benzene rings is 2. The fraction of sp³-hybridized carbons (Fsp3) is 0.333. The molecule has 7 nitrogen and oxygen atoms in total. The van der Waals surface area contributed by atoms with Gasteiger partial charge in [0.15, 0.2) is 23.1 Å². The summed E-state index contributed by atoms with van der Waals surface area (Å²) < 4.78 is 30.7. The van der Waals surface area contributed by atoms with Crippen molar-refractivity contribution in [2.24, 2.45) is 0 Å². The van der Waals surface area contributed by atoms with Gasteiger partial charge >= 0.3 is 0 Å². The van der Waals surface area contributed by atoms with E-state index in [1.165, 1.54) is 10.9 Å². The predicted molar refractivity (Wildman–Crippen MR) is 133 cm³/mol. The summed E-state index contributed by atoms with van der Waals surface area (Å²) in [6.07, 6.45) is 0.729. The van der Waals surface area contributed by atoms with Gasteiger partial charge in [0.25, 0.3) is 5.91 Å². The summed E-state index contributed by atoms with van der Waals surface area (Å²) in [5, 5.41) is 2.00. The Bertz CT molecular complexity index is 1280. The fourth-order valence-electron chi connectivity index (χ4n) is 4.53. The molecule has 0 aliphatic carbocycles. The molecule has 0 bridgehead atoms. The molecule has 2 amide bonds. The zero-order valence-electron chi connectivity index (χ0n) is 20.1. The third-order valence-electron chi connectivity index (χ3n) is 6.46. The Morgan fingerprint density at radius 1 is 1.17 bits per heavy atom. The van der Waals surface area contributed by atoms with Crippen molar-refractivity contribution in [3.63, 3.8) is 0 Å². The van der Waals surface area contributed by atoms with E-state index in [2.05, 4.69) is 0 Å². The van der Waals surface area contributed by atoms with Crippen LogP contribution in [0, 0.1) is 5.82 Å². The number of hydrogen-bond donors (Lipinski definition) is 0. The number of carbonyl (C=O) groups is 2. The maximum absolute atomic E-state index is 14.2. The van der Waals surface area contributed by atoms with Gasteiger partial charge in [0.1, 0.15) is 13.2 Å². The highest BCUT2D eigenvalue weighted by molar-refractivity contribution is 7.10. The fourth-order valence-corrected chi connectivity index (χ4v) is 5.45. The second-order valence-corrected chi connectivity index (χ2v) is 9.99. The Labute approximate surface area is 213 Å². The number of para-hydroxylation sites is 1. The Kier molecular flexibility index (Phi) is 6.82. The van der Waals surface area contributed by atoms with Crippen LogP contribution in [0.2, 0.25) is 0 Å². The first-order chi connectivity index (χ1) is 17.4. The van der Waals surface area contributed by atoms with Crippen molar-refractivity contribution in [1.29, 1.82) is 0 Å². The minimum absolute atomic E-state index is 0.0827. The van der Waals surface area contributed by atoms with Crippen LogP contribution in [0.1, 0.15) is 40.7 Å². The molecule has 2 aromatic carbocycles. The van der Waals surface area contributed by atoms with E-state index < -0.39 is 5.82 Å². The quantitative estimate of drug-likeness (QED) is 0.462. The summed E-state index contributed by atoms with van der Waals surface area (Å²) in [4.78, 5) is 31.5. The van der Waals surface area contributed by atoms with Crippen LogP contribution in [-0.4, -0.2) is 54.1 Å². The molecule has 3 heterocycles. The summed E-state index contributed by atoms with van der Waals surface area (Å²) >= 11 is 1.64. The molecule has 1 atom stereocenters. The summed E-state index contributed by atoms with van der Waals surface area (Å²) in [5.74, 6) is 0.366. The third kappa shape index (κ3) is 4.75. The lowest BCUT2D eigenvalue weighted by molar-refractivity contribution is -0.136. The summed E-state index contributed by atoms with van der Waals surface area (Å²) in [5.41, 5.74) is 1.44. The molecule has 36 heavy (non-hydrogen) atoms. The SMILES string of the molecule is CC(C)N(CC(=O)N1CCc2sccc2C1COc1ccccc1F)C(=O)c1ccc2c(c1)OCO2. The number of thiophene rings is 1. The molecule has 5 rings (SSSR count). The number of rotatable bonds is 7. The van der Waals surface area contributed by atoms with Gasteiger partial charge in [-0.05, 0) is 67.6 Å². The van der Waals surface area contributed by atoms with Crippen LogP contribution in [0.3, 0.4) is 0 Å². The van der Waals surface area contributed by atoms with Crippen molar-refractivity contribution in [1.82, 2.24) is 9.80 Å². The Hall–Kier alpha value is -3.59. The Morgan fingerprint density at radius 2 is 1.97 bits per heavy atom. The van der Waals surface area contributed by atoms with Gasteiger partial charge in [-0.15, -0.1) is 11.3 Å². The van der Waals surface area contributed by atoms with Gasteiger partial charge in [0.05, 0.1) is 6.04 Å². The molecule has 0 spiro atoms. The largest absolute Gasteiger partial charge is 0.488 e. The number of carbonyl (C=O) groups excluding carboxylic acids is 2. The average molecular weight is 511 g/mol. The molecule has 0 N–H and O–H groups in total. The lowest BCUT2D eigenvalue weighted by Crippen LogP contribution is -2.49. The molecule has 2 aliphatic heterocycles. The van der Waals surface area contributed by atoms with Gasteiger partial charge in [-0.3, -0.25) is 9.59 Å². The molecule has 0 fully saturated rings. The van der Waals surface area contributed by atoms with Crippen LogP contribution in [-0.2, 0) is 11.2 Å². The summed E-state index contributed by atoms with van der Waals surface area (Å²) in [7, 11) is 0. The maximum Gasteiger partial charge on any atom is 0.254 e. The van der Waals surface area contributed by atoms with E-state index in [4.69, 9.17) is 14.2 Å². The normalized spacial score (nSPS) is 16.1. The van der Waals surface area contributed by atoms with Gasteiger partial charge in [0, 0.05) is 23.0 Å². The first kappa shape index (κ1) is 24.1. The Morgan fingerprint density at radius 3 is 2.78 bits per heavy atom. The number of ether oxygens (including phenoxy) is 3. The third-order valence-corrected chi connectivity index (χ3v) is 7.45. The number of hydrogen-bond acceptors (Lipinski definition) is 6. The highest BCUT2D eigenvalue weighted by atomic mass is 32.1. The Balaban J connectivity index is 1.35. The van der Waals surface area contributed by atoms with Crippen molar-refractivity contribution in [3.8, 4) is 17.2 Å². The van der Waals surface area contributed by atoms with Crippen LogP contribution in [0.25, 0.3) is 0 Å². The standard InChI is InChI=1S/C27H27FN2O5S/c1-17(2)30(27(32)18-7-8-23-24(13-18)35-16-34-23)14-26(31)29-11-9-25-19(10-12-36-25)21(29)15-33-22-6-4-3-5-20(22)28/h3-8,10,12-13,17,21H,9,11,14-16H2,1-2H3. The predicted octanol–water partition coefficient (Wildman–Crippen LogP) is 4.67. The molecule has 0 saturated carbocycles. The van der Waals surface area contributed by atoms with E-state index in [1.807, 2.05) is 25.3 Å². The van der Waals surface area contributed by atoms with Gasteiger partial charge in [0.2, 0.25) is 12.7 Å². The summed E-state index contributed by atoms with van der Waals surface area (Å²) in [6.45, 7) is 4.42. The number of halogens is 1. The monoisotopic (exact) mass is 510 g/mol. The molecule has 0 saturated heterocycles. The van der Waals surface area contributed by atoms with Crippen LogP contribution >= 0.6 is 11.3 Å².